The van der Waals surface area contributed by atoms with Gasteiger partial charge in [0.2, 0.25) is 0 Å². The second-order valence-corrected chi connectivity index (χ2v) is 10.2. The molecule has 0 spiro atoms. The maximum Gasteiger partial charge on any atom is 0.273 e. The van der Waals surface area contributed by atoms with Gasteiger partial charge in [0.15, 0.2) is 5.69 Å². The molecular weight excluding hydrogens is 460 g/mol. The molecule has 9 nitrogen and oxygen atoms in total. The Kier molecular flexibility index (Phi) is 8.05. The van der Waals surface area contributed by atoms with Crippen molar-refractivity contribution in [2.75, 3.05) is 46.2 Å². The number of hydrogen-bond acceptors (Lipinski definition) is 8. The number of thiazole rings is 1. The quantitative estimate of drug-likeness (QED) is 0.536. The number of likely N-dealkylation sites (N-methyl/N-ethyl adjacent to an activating group) is 1. The summed E-state index contributed by atoms with van der Waals surface area (Å²) < 4.78 is 7.98. The van der Waals surface area contributed by atoms with Crippen LogP contribution in [0.15, 0.2) is 9.72 Å². The largest absolute Gasteiger partial charge is 0.383 e. The van der Waals surface area contributed by atoms with E-state index >= 15 is 0 Å². The van der Waals surface area contributed by atoms with Crippen LogP contribution in [0.3, 0.4) is 0 Å². The van der Waals surface area contributed by atoms with Crippen molar-refractivity contribution < 1.29 is 14.3 Å². The lowest BCUT2D eigenvalue weighted by molar-refractivity contribution is 0.0724. The lowest BCUT2D eigenvalue weighted by Gasteiger charge is -2.27. The van der Waals surface area contributed by atoms with Crippen LogP contribution in [-0.2, 0) is 24.2 Å². The fraction of sp³-hybridized carbons (Fsp3) is 0.636. The summed E-state index contributed by atoms with van der Waals surface area (Å²) in [5.41, 5.74) is 2.73. The van der Waals surface area contributed by atoms with Crippen LogP contribution in [0, 0.1) is 0 Å². The third kappa shape index (κ3) is 5.26. The highest BCUT2D eigenvalue weighted by Gasteiger charge is 2.32. The van der Waals surface area contributed by atoms with E-state index < -0.39 is 0 Å². The predicted molar refractivity (Wildman–Crippen MR) is 129 cm³/mol. The number of aromatic nitrogens is 3. The lowest BCUT2D eigenvalue weighted by atomic mass is 10.0. The molecular formula is C22H32N6O3S2. The van der Waals surface area contributed by atoms with Crippen LogP contribution >= 0.6 is 23.1 Å². The summed E-state index contributed by atoms with van der Waals surface area (Å²) in [6, 6.07) is 0.374. The zero-order chi connectivity index (χ0) is 23.4. The van der Waals surface area contributed by atoms with Crippen molar-refractivity contribution in [3.05, 3.63) is 28.0 Å². The van der Waals surface area contributed by atoms with Crippen molar-refractivity contribution in [2.45, 2.75) is 49.7 Å². The first-order valence-corrected chi connectivity index (χ1v) is 13.5. The van der Waals surface area contributed by atoms with E-state index in [1.54, 1.807) is 17.4 Å². The number of carbonyl (C=O) groups is 2. The molecule has 0 saturated carbocycles. The lowest BCUT2D eigenvalue weighted by Crippen LogP contribution is -2.41. The minimum Gasteiger partial charge on any atom is -0.383 e. The van der Waals surface area contributed by atoms with Crippen LogP contribution in [-0.4, -0.2) is 88.6 Å². The van der Waals surface area contributed by atoms with Crippen LogP contribution in [0.25, 0.3) is 0 Å². The van der Waals surface area contributed by atoms with Crippen LogP contribution in [0.5, 0.6) is 0 Å². The molecule has 2 aliphatic heterocycles. The Morgan fingerprint density at radius 2 is 2.21 bits per heavy atom. The van der Waals surface area contributed by atoms with Gasteiger partial charge in [-0.25, -0.2) is 4.98 Å². The average Bonchev–Trinajstić information content (AvgIpc) is 3.58. The fourth-order valence-electron chi connectivity index (χ4n) is 4.66. The predicted octanol–water partition coefficient (Wildman–Crippen LogP) is 2.12. The molecule has 4 heterocycles. The summed E-state index contributed by atoms with van der Waals surface area (Å²) in [6.07, 6.45) is 4.87. The number of methoxy groups -OCH3 is 1. The highest BCUT2D eigenvalue weighted by Crippen LogP contribution is 2.26. The maximum absolute atomic E-state index is 13.2. The van der Waals surface area contributed by atoms with Gasteiger partial charge in [-0.05, 0) is 32.2 Å². The van der Waals surface area contributed by atoms with E-state index in [-0.39, 0.29) is 11.8 Å². The number of hydrogen-bond donors (Lipinski definition) is 1. The van der Waals surface area contributed by atoms with Crippen molar-refractivity contribution in [3.63, 3.8) is 0 Å². The summed E-state index contributed by atoms with van der Waals surface area (Å²) >= 11 is 3.01. The Morgan fingerprint density at radius 1 is 1.36 bits per heavy atom. The molecule has 0 radical (unpaired) electrons. The van der Waals surface area contributed by atoms with Crippen LogP contribution < -0.4 is 5.32 Å². The first-order chi connectivity index (χ1) is 16.0. The van der Waals surface area contributed by atoms with Crippen LogP contribution in [0.4, 0.5) is 0 Å². The number of nitrogens with zero attached hydrogens (tertiary/aromatic N) is 5. The van der Waals surface area contributed by atoms with E-state index in [0.29, 0.717) is 56.6 Å². The Bertz CT molecular complexity index is 991. The van der Waals surface area contributed by atoms with E-state index in [1.165, 1.54) is 29.5 Å². The molecule has 1 saturated heterocycles. The SMILES string of the molecule is CCN1CCCC1CNC(=O)c1nn(CCOC)c2c1CN(C(=O)c1csc(SC)n1)CC2. The van der Waals surface area contributed by atoms with E-state index in [9.17, 15) is 9.59 Å². The number of carbonyl (C=O) groups excluding carboxylic acids is 2. The van der Waals surface area contributed by atoms with Crippen LogP contribution in [0.2, 0.25) is 0 Å². The summed E-state index contributed by atoms with van der Waals surface area (Å²) in [7, 11) is 1.65. The molecule has 0 bridgehead atoms. The minimum absolute atomic E-state index is 0.0993. The topological polar surface area (TPSA) is 92.6 Å². The van der Waals surface area contributed by atoms with E-state index in [2.05, 4.69) is 27.2 Å². The number of fused-ring (bicyclic) bond motifs is 1. The van der Waals surface area contributed by atoms with Crippen LogP contribution in [0.1, 0.15) is 52.0 Å². The van der Waals surface area contributed by atoms with Gasteiger partial charge >= 0.3 is 0 Å². The number of amides is 2. The zero-order valence-electron chi connectivity index (χ0n) is 19.5. The van der Waals surface area contributed by atoms with E-state index in [1.807, 2.05) is 10.9 Å². The Labute approximate surface area is 202 Å². The monoisotopic (exact) mass is 492 g/mol. The van der Waals surface area contributed by atoms with Gasteiger partial charge in [0.25, 0.3) is 11.8 Å². The fourth-order valence-corrected chi connectivity index (χ4v) is 5.89. The molecule has 2 aliphatic rings. The molecule has 2 amide bonds. The van der Waals surface area contributed by atoms with Gasteiger partial charge in [-0.2, -0.15) is 5.10 Å². The number of nitrogens with one attached hydrogen (secondary N) is 1. The highest BCUT2D eigenvalue weighted by molar-refractivity contribution is 8.00. The first kappa shape index (κ1) is 24.2. The van der Waals surface area contributed by atoms with Gasteiger partial charge in [-0.3, -0.25) is 19.2 Å². The second kappa shape index (κ2) is 11.0. The molecule has 11 heteroatoms. The number of ether oxygens (including phenoxy) is 1. The van der Waals surface area contributed by atoms with Crippen molar-refractivity contribution in [1.29, 1.82) is 0 Å². The molecule has 1 N–H and O–H groups in total. The smallest absolute Gasteiger partial charge is 0.273 e. The second-order valence-electron chi connectivity index (χ2n) is 8.30. The van der Waals surface area contributed by atoms with E-state index in [0.717, 1.165) is 35.1 Å². The van der Waals surface area contributed by atoms with Gasteiger partial charge < -0.3 is 15.0 Å². The van der Waals surface area contributed by atoms with Gasteiger partial charge in [0.05, 0.1) is 19.7 Å². The summed E-state index contributed by atoms with van der Waals surface area (Å²) in [5, 5.41) is 9.57. The summed E-state index contributed by atoms with van der Waals surface area (Å²) in [4.78, 5) is 34.9. The molecule has 1 fully saturated rings. The maximum atomic E-state index is 13.2. The average molecular weight is 493 g/mol. The van der Waals surface area contributed by atoms with Crippen molar-refractivity contribution >= 4 is 34.9 Å². The Morgan fingerprint density at radius 3 is 2.94 bits per heavy atom. The molecule has 4 rings (SSSR count). The van der Waals surface area contributed by atoms with Crippen molar-refractivity contribution in [3.8, 4) is 0 Å². The number of likely N-dealkylation sites (tertiary alicyclic amines) is 1. The first-order valence-electron chi connectivity index (χ1n) is 11.4. The molecule has 33 heavy (non-hydrogen) atoms. The zero-order valence-corrected chi connectivity index (χ0v) is 21.1. The summed E-state index contributed by atoms with van der Waals surface area (Å²) in [5.74, 6) is -0.268. The van der Waals surface area contributed by atoms with Gasteiger partial charge in [-0.15, -0.1) is 11.3 Å². The molecule has 2 aromatic rings. The third-order valence-electron chi connectivity index (χ3n) is 6.42. The summed E-state index contributed by atoms with van der Waals surface area (Å²) in [6.45, 7) is 6.88. The third-order valence-corrected chi connectivity index (χ3v) is 8.29. The number of thioether (sulfide) groups is 1. The Hall–Kier alpha value is -1.95. The Balaban J connectivity index is 1.52. The standard InChI is InChI=1S/C22H32N6O3S2/c1-4-26-8-5-6-15(26)12-23-20(29)19-16-13-27(21(30)17-14-33-22(24-17)32-3)9-7-18(16)28(25-19)10-11-31-2/h14-15H,4-13H2,1-3H3,(H,23,29). The normalized spacial score (nSPS) is 18.5. The van der Waals surface area contributed by atoms with Gasteiger partial charge in [0.1, 0.15) is 10.0 Å². The molecule has 2 aromatic heterocycles. The molecule has 0 aromatic carbocycles. The highest BCUT2D eigenvalue weighted by atomic mass is 32.2. The van der Waals surface area contributed by atoms with Crippen molar-refractivity contribution in [2.24, 2.45) is 0 Å². The van der Waals surface area contributed by atoms with E-state index in [4.69, 9.17) is 4.74 Å². The molecule has 180 valence electrons. The van der Waals surface area contributed by atoms with Gasteiger partial charge in [-0.1, -0.05) is 18.7 Å². The minimum atomic E-state index is -0.169. The van der Waals surface area contributed by atoms with Gasteiger partial charge in [0, 0.05) is 49.3 Å². The number of rotatable bonds is 9. The van der Waals surface area contributed by atoms with Crippen molar-refractivity contribution in [1.82, 2.24) is 29.9 Å². The molecule has 1 unspecified atom stereocenters. The molecule has 0 aliphatic carbocycles. The molecule has 1 atom stereocenters.